The SMILES string of the molecule is CN(C(=O)C1CCCN1C#N)c1nc(-c2cccc(N(C)S(C)(=O)=O)c2)cs1. The Morgan fingerprint density at radius 1 is 1.39 bits per heavy atom. The van der Waals surface area contributed by atoms with Crippen molar-refractivity contribution in [1.29, 1.82) is 5.26 Å². The van der Waals surface area contributed by atoms with Gasteiger partial charge in [-0.1, -0.05) is 12.1 Å². The van der Waals surface area contributed by atoms with Crippen molar-refractivity contribution in [3.8, 4) is 17.5 Å². The topological polar surface area (TPSA) is 97.6 Å². The van der Waals surface area contributed by atoms with Crippen molar-refractivity contribution >= 4 is 38.1 Å². The minimum Gasteiger partial charge on any atom is -0.298 e. The zero-order valence-electron chi connectivity index (χ0n) is 15.9. The van der Waals surface area contributed by atoms with E-state index in [0.717, 1.165) is 18.2 Å². The van der Waals surface area contributed by atoms with Crippen LogP contribution in [0.2, 0.25) is 0 Å². The maximum atomic E-state index is 12.7. The second-order valence-corrected chi connectivity index (χ2v) is 9.50. The van der Waals surface area contributed by atoms with Crippen molar-refractivity contribution in [2.75, 3.05) is 36.1 Å². The molecule has 1 aromatic carbocycles. The average Bonchev–Trinajstić information content (AvgIpc) is 3.34. The minimum atomic E-state index is -3.36. The number of nitriles is 1. The van der Waals surface area contributed by atoms with Crippen LogP contribution in [0.15, 0.2) is 29.6 Å². The average molecular weight is 420 g/mol. The molecule has 0 saturated carbocycles. The summed E-state index contributed by atoms with van der Waals surface area (Å²) >= 11 is 1.33. The highest BCUT2D eigenvalue weighted by Crippen LogP contribution is 2.30. The van der Waals surface area contributed by atoms with Gasteiger partial charge in [-0.15, -0.1) is 11.3 Å². The summed E-state index contributed by atoms with van der Waals surface area (Å²) in [6.45, 7) is 0.602. The first-order valence-electron chi connectivity index (χ1n) is 8.66. The second-order valence-electron chi connectivity index (χ2n) is 6.64. The Kier molecular flexibility index (Phi) is 5.58. The quantitative estimate of drug-likeness (QED) is 0.689. The molecule has 0 N–H and O–H groups in total. The Morgan fingerprint density at radius 2 is 2.14 bits per heavy atom. The van der Waals surface area contributed by atoms with Gasteiger partial charge in [-0.25, -0.2) is 13.4 Å². The molecule has 1 unspecified atom stereocenters. The van der Waals surface area contributed by atoms with E-state index in [1.54, 1.807) is 25.2 Å². The fourth-order valence-corrected chi connectivity index (χ4v) is 4.37. The lowest BCUT2D eigenvalue weighted by atomic mass is 10.1. The number of carbonyl (C=O) groups is 1. The van der Waals surface area contributed by atoms with Gasteiger partial charge in [0.25, 0.3) is 5.91 Å². The molecular formula is C18H21N5O3S2. The number of rotatable bonds is 5. The molecule has 1 fully saturated rings. The minimum absolute atomic E-state index is 0.148. The molecular weight excluding hydrogens is 398 g/mol. The molecule has 1 saturated heterocycles. The first-order chi connectivity index (χ1) is 13.2. The number of likely N-dealkylation sites (tertiary alicyclic amines) is 1. The van der Waals surface area contributed by atoms with E-state index in [1.165, 1.54) is 32.5 Å². The third-order valence-corrected chi connectivity index (χ3v) is 6.90. The molecule has 1 amide bonds. The Morgan fingerprint density at radius 3 is 2.82 bits per heavy atom. The number of sulfonamides is 1. The molecule has 28 heavy (non-hydrogen) atoms. The van der Waals surface area contributed by atoms with Crippen LogP contribution in [0, 0.1) is 11.5 Å². The maximum Gasteiger partial charge on any atom is 0.251 e. The van der Waals surface area contributed by atoms with E-state index in [1.807, 2.05) is 11.4 Å². The summed E-state index contributed by atoms with van der Waals surface area (Å²) in [6, 6.07) is 6.63. The Bertz CT molecular complexity index is 1030. The lowest BCUT2D eigenvalue weighted by Crippen LogP contribution is -2.42. The molecule has 1 aromatic heterocycles. The Balaban J connectivity index is 1.83. The lowest BCUT2D eigenvalue weighted by Gasteiger charge is -2.22. The van der Waals surface area contributed by atoms with Crippen molar-refractivity contribution in [2.24, 2.45) is 0 Å². The van der Waals surface area contributed by atoms with E-state index in [0.29, 0.717) is 29.5 Å². The monoisotopic (exact) mass is 419 g/mol. The smallest absolute Gasteiger partial charge is 0.251 e. The van der Waals surface area contributed by atoms with Crippen molar-refractivity contribution in [1.82, 2.24) is 9.88 Å². The van der Waals surface area contributed by atoms with Gasteiger partial charge in [0, 0.05) is 31.6 Å². The van der Waals surface area contributed by atoms with Crippen molar-refractivity contribution in [3.05, 3.63) is 29.6 Å². The number of aromatic nitrogens is 1. The van der Waals surface area contributed by atoms with Crippen LogP contribution >= 0.6 is 11.3 Å². The standard InChI is InChI=1S/C18H21N5O3S2/c1-21(17(24)16-8-5-9-23(16)12-19)18-20-15(11-27-18)13-6-4-7-14(10-13)22(2)28(3,25)26/h4,6-7,10-11,16H,5,8-9H2,1-3H3. The molecule has 148 valence electrons. The highest BCUT2D eigenvalue weighted by molar-refractivity contribution is 7.92. The highest BCUT2D eigenvalue weighted by Gasteiger charge is 2.33. The molecule has 0 radical (unpaired) electrons. The van der Waals surface area contributed by atoms with E-state index in [9.17, 15) is 13.2 Å². The van der Waals surface area contributed by atoms with Crippen LogP contribution in [0.4, 0.5) is 10.8 Å². The predicted octanol–water partition coefficient (Wildman–Crippen LogP) is 2.11. The molecule has 10 heteroatoms. The predicted molar refractivity (Wildman–Crippen MR) is 110 cm³/mol. The van der Waals surface area contributed by atoms with E-state index < -0.39 is 16.1 Å². The van der Waals surface area contributed by atoms with Gasteiger partial charge in [-0.05, 0) is 25.0 Å². The van der Waals surface area contributed by atoms with E-state index >= 15 is 0 Å². The summed E-state index contributed by atoms with van der Waals surface area (Å²) in [5, 5.41) is 11.5. The van der Waals surface area contributed by atoms with Gasteiger partial charge in [0.15, 0.2) is 11.3 Å². The zero-order valence-corrected chi connectivity index (χ0v) is 17.5. The molecule has 0 bridgehead atoms. The van der Waals surface area contributed by atoms with Gasteiger partial charge in [-0.3, -0.25) is 18.9 Å². The van der Waals surface area contributed by atoms with Crippen molar-refractivity contribution < 1.29 is 13.2 Å². The molecule has 2 aromatic rings. The molecule has 8 nitrogen and oxygen atoms in total. The number of benzene rings is 1. The lowest BCUT2D eigenvalue weighted by molar-refractivity contribution is -0.121. The molecule has 1 aliphatic heterocycles. The van der Waals surface area contributed by atoms with Crippen LogP contribution in [-0.4, -0.2) is 57.1 Å². The number of nitrogens with zero attached hydrogens (tertiary/aromatic N) is 5. The van der Waals surface area contributed by atoms with Gasteiger partial charge in [0.1, 0.15) is 6.04 Å². The molecule has 1 atom stereocenters. The van der Waals surface area contributed by atoms with Crippen molar-refractivity contribution in [3.63, 3.8) is 0 Å². The van der Waals surface area contributed by atoms with E-state index in [-0.39, 0.29) is 5.91 Å². The first kappa shape index (κ1) is 20.1. The molecule has 0 aliphatic carbocycles. The highest BCUT2D eigenvalue weighted by atomic mass is 32.2. The summed E-state index contributed by atoms with van der Waals surface area (Å²) < 4.78 is 24.7. The van der Waals surface area contributed by atoms with Gasteiger partial charge >= 0.3 is 0 Å². The summed E-state index contributed by atoms with van der Waals surface area (Å²) in [6.07, 6.45) is 4.71. The van der Waals surface area contributed by atoms with Gasteiger partial charge in [-0.2, -0.15) is 5.26 Å². The van der Waals surface area contributed by atoms with E-state index in [4.69, 9.17) is 5.26 Å². The molecule has 2 heterocycles. The van der Waals surface area contributed by atoms with Crippen LogP contribution in [0.5, 0.6) is 0 Å². The second kappa shape index (κ2) is 7.77. The summed E-state index contributed by atoms with van der Waals surface area (Å²) in [5.74, 6) is -0.148. The van der Waals surface area contributed by atoms with Gasteiger partial charge in [0.2, 0.25) is 10.0 Å². The maximum absolute atomic E-state index is 12.7. The number of carbonyl (C=O) groups excluding carboxylic acids is 1. The molecule has 0 spiro atoms. The summed E-state index contributed by atoms with van der Waals surface area (Å²) in [4.78, 5) is 20.3. The van der Waals surface area contributed by atoms with Crippen LogP contribution in [0.25, 0.3) is 11.3 Å². The third kappa shape index (κ3) is 3.95. The number of anilines is 2. The van der Waals surface area contributed by atoms with Gasteiger partial charge < -0.3 is 0 Å². The van der Waals surface area contributed by atoms with Gasteiger partial charge in [0.05, 0.1) is 17.6 Å². The number of thiazole rings is 1. The number of hydrogen-bond acceptors (Lipinski definition) is 7. The normalized spacial score (nSPS) is 16.6. The molecule has 1 aliphatic rings. The largest absolute Gasteiger partial charge is 0.298 e. The summed E-state index contributed by atoms with van der Waals surface area (Å²) in [7, 11) is -0.205. The zero-order chi connectivity index (χ0) is 20.5. The summed E-state index contributed by atoms with van der Waals surface area (Å²) in [5.41, 5.74) is 1.96. The Hall–Kier alpha value is -2.64. The number of hydrogen-bond donors (Lipinski definition) is 0. The number of likely N-dealkylation sites (N-methyl/N-ethyl adjacent to an activating group) is 1. The fourth-order valence-electron chi connectivity index (χ4n) is 3.06. The number of amides is 1. The Labute approximate surface area is 168 Å². The van der Waals surface area contributed by atoms with Crippen LogP contribution in [0.3, 0.4) is 0 Å². The van der Waals surface area contributed by atoms with Crippen molar-refractivity contribution in [2.45, 2.75) is 18.9 Å². The van der Waals surface area contributed by atoms with Crippen LogP contribution in [-0.2, 0) is 14.8 Å². The molecule has 3 rings (SSSR count). The third-order valence-electron chi connectivity index (χ3n) is 4.78. The van der Waals surface area contributed by atoms with Crippen LogP contribution in [0.1, 0.15) is 12.8 Å². The van der Waals surface area contributed by atoms with Crippen LogP contribution < -0.4 is 9.21 Å². The van der Waals surface area contributed by atoms with E-state index in [2.05, 4.69) is 11.2 Å². The first-order valence-corrected chi connectivity index (χ1v) is 11.4. The fraction of sp³-hybridized carbons (Fsp3) is 0.389.